The van der Waals surface area contributed by atoms with E-state index in [0.29, 0.717) is 0 Å². The highest BCUT2D eigenvalue weighted by atomic mass is 19.1. The van der Waals surface area contributed by atoms with Gasteiger partial charge in [0.2, 0.25) is 0 Å². The summed E-state index contributed by atoms with van der Waals surface area (Å²) in [4.78, 5) is 50.0. The van der Waals surface area contributed by atoms with E-state index in [2.05, 4.69) is 5.43 Å². The molecule has 0 bridgehead atoms. The van der Waals surface area contributed by atoms with Crippen LogP contribution in [0.25, 0.3) is 0 Å². The van der Waals surface area contributed by atoms with Gasteiger partial charge in [0.15, 0.2) is 0 Å². The highest BCUT2D eigenvalue weighted by Gasteiger charge is 2.28. The molecule has 10 heteroatoms. The average molecular weight is 366 g/mol. The van der Waals surface area contributed by atoms with Crippen LogP contribution < -0.4 is 10.9 Å². The molecule has 0 atom stereocenters. The molecule has 2 N–H and O–H groups in total. The number of hydrogen-bond donors (Lipinski definition) is 2. The summed E-state index contributed by atoms with van der Waals surface area (Å²) in [5.74, 6) is -3.22. The van der Waals surface area contributed by atoms with Crippen LogP contribution in [0.4, 0.5) is 9.18 Å². The quantitative estimate of drug-likeness (QED) is 0.561. The van der Waals surface area contributed by atoms with E-state index in [4.69, 9.17) is 4.74 Å². The molecular weight excluding hydrogens is 347 g/mol. The van der Waals surface area contributed by atoms with E-state index in [0.717, 1.165) is 6.07 Å². The molecule has 0 saturated carbocycles. The number of ether oxygens (including phenoxy) is 1. The van der Waals surface area contributed by atoms with Crippen LogP contribution >= 0.6 is 0 Å². The number of hydrazine groups is 1. The van der Waals surface area contributed by atoms with Crippen molar-refractivity contribution in [2.45, 2.75) is 6.92 Å². The number of piperazine rings is 1. The lowest BCUT2D eigenvalue weighted by molar-refractivity contribution is -0.147. The Kier molecular flexibility index (Phi) is 6.48. The summed E-state index contributed by atoms with van der Waals surface area (Å²) in [5.41, 5.74) is 4.05. The van der Waals surface area contributed by atoms with Crippen LogP contribution in [0, 0.1) is 5.82 Å². The lowest BCUT2D eigenvalue weighted by Crippen LogP contribution is -2.55. The molecule has 0 radical (unpaired) electrons. The molecule has 1 aromatic carbocycles. The Hall–Kier alpha value is -3.17. The van der Waals surface area contributed by atoms with Gasteiger partial charge in [-0.2, -0.15) is 0 Å². The number of hydrogen-bond acceptors (Lipinski definition) is 5. The van der Waals surface area contributed by atoms with E-state index in [1.54, 1.807) is 6.92 Å². The third kappa shape index (κ3) is 4.91. The molecule has 1 aliphatic rings. The number of halogens is 1. The molecule has 0 aliphatic carbocycles. The first-order chi connectivity index (χ1) is 12.4. The van der Waals surface area contributed by atoms with Crippen LogP contribution in [0.3, 0.4) is 0 Å². The largest absolute Gasteiger partial charge is 0.450 e. The summed E-state index contributed by atoms with van der Waals surface area (Å²) < 4.78 is 17.9. The van der Waals surface area contributed by atoms with Crippen LogP contribution in [0.2, 0.25) is 0 Å². The van der Waals surface area contributed by atoms with Crippen LogP contribution in [0.5, 0.6) is 0 Å². The molecule has 0 unspecified atom stereocenters. The Bertz CT molecular complexity index is 704. The predicted molar refractivity (Wildman–Crippen MR) is 87.2 cm³/mol. The van der Waals surface area contributed by atoms with Gasteiger partial charge in [-0.3, -0.25) is 25.2 Å². The van der Waals surface area contributed by atoms with Crippen molar-refractivity contribution >= 4 is 23.8 Å². The summed E-state index contributed by atoms with van der Waals surface area (Å²) in [6, 6.07) is 4.88. The fraction of sp³-hybridized carbons (Fsp3) is 0.375. The zero-order chi connectivity index (χ0) is 19.1. The van der Waals surface area contributed by atoms with Crippen LogP contribution in [0.15, 0.2) is 24.3 Å². The van der Waals surface area contributed by atoms with Crippen molar-refractivity contribution in [2.75, 3.05) is 32.8 Å². The normalized spacial score (nSPS) is 13.8. The predicted octanol–water partition coefficient (Wildman–Crippen LogP) is -0.113. The molecule has 1 aliphatic heterocycles. The van der Waals surface area contributed by atoms with Crippen molar-refractivity contribution in [3.63, 3.8) is 0 Å². The fourth-order valence-corrected chi connectivity index (χ4v) is 2.32. The third-order valence-electron chi connectivity index (χ3n) is 3.66. The Labute approximate surface area is 149 Å². The third-order valence-corrected chi connectivity index (χ3v) is 3.66. The average Bonchev–Trinajstić information content (AvgIpc) is 2.65. The molecule has 2 rings (SSSR count). The zero-order valence-corrected chi connectivity index (χ0v) is 14.2. The minimum Gasteiger partial charge on any atom is -0.450 e. The number of carbonyl (C=O) groups is 4. The van der Waals surface area contributed by atoms with E-state index in [1.807, 2.05) is 5.43 Å². The number of rotatable bonds is 2. The monoisotopic (exact) mass is 366 g/mol. The zero-order valence-electron chi connectivity index (χ0n) is 14.2. The van der Waals surface area contributed by atoms with Crippen molar-refractivity contribution in [3.8, 4) is 0 Å². The Morgan fingerprint density at radius 2 is 1.73 bits per heavy atom. The van der Waals surface area contributed by atoms with E-state index in [1.165, 1.54) is 28.0 Å². The molecule has 1 saturated heterocycles. The van der Waals surface area contributed by atoms with Gasteiger partial charge in [0, 0.05) is 31.7 Å². The molecule has 0 aromatic heterocycles. The standard InChI is InChI=1S/C16H19FN4O5/c1-2-26-16(25)21-8-6-20(7-9-21)15(24)14(23)19-18-13(22)11-4-3-5-12(17)10-11/h3-5,10H,2,6-9H2,1H3,(H,18,22)(H,19,23). The van der Waals surface area contributed by atoms with E-state index >= 15 is 0 Å². The maximum Gasteiger partial charge on any atom is 0.409 e. The van der Waals surface area contributed by atoms with Gasteiger partial charge in [0.25, 0.3) is 5.91 Å². The highest BCUT2D eigenvalue weighted by molar-refractivity contribution is 6.35. The first kappa shape index (κ1) is 19.2. The minimum atomic E-state index is -1.03. The molecular formula is C16H19FN4O5. The molecule has 0 spiro atoms. The second-order valence-corrected chi connectivity index (χ2v) is 5.40. The summed E-state index contributed by atoms with van der Waals surface area (Å²) in [6.45, 7) is 2.78. The number of benzene rings is 1. The lowest BCUT2D eigenvalue weighted by Gasteiger charge is -2.33. The van der Waals surface area contributed by atoms with Gasteiger partial charge in [0.05, 0.1) is 6.61 Å². The molecule has 1 fully saturated rings. The fourth-order valence-electron chi connectivity index (χ4n) is 2.32. The van der Waals surface area contributed by atoms with Gasteiger partial charge in [-0.25, -0.2) is 9.18 Å². The maximum absolute atomic E-state index is 13.1. The first-order valence-electron chi connectivity index (χ1n) is 7.99. The van der Waals surface area contributed by atoms with Gasteiger partial charge in [-0.1, -0.05) is 6.07 Å². The second-order valence-electron chi connectivity index (χ2n) is 5.40. The van der Waals surface area contributed by atoms with Crippen molar-refractivity contribution in [1.82, 2.24) is 20.7 Å². The Morgan fingerprint density at radius 1 is 1.08 bits per heavy atom. The van der Waals surface area contributed by atoms with Crippen LogP contribution in [-0.2, 0) is 14.3 Å². The number of amides is 4. The van der Waals surface area contributed by atoms with Gasteiger partial charge in [0.1, 0.15) is 5.82 Å². The minimum absolute atomic E-state index is 0.000741. The Balaban J connectivity index is 1.80. The van der Waals surface area contributed by atoms with Crippen molar-refractivity contribution in [1.29, 1.82) is 0 Å². The Morgan fingerprint density at radius 3 is 2.35 bits per heavy atom. The molecule has 26 heavy (non-hydrogen) atoms. The van der Waals surface area contributed by atoms with Gasteiger partial charge in [-0.05, 0) is 25.1 Å². The van der Waals surface area contributed by atoms with Gasteiger partial charge >= 0.3 is 17.9 Å². The molecule has 1 aromatic rings. The summed E-state index contributed by atoms with van der Waals surface area (Å²) >= 11 is 0. The summed E-state index contributed by atoms with van der Waals surface area (Å²) in [5, 5.41) is 0. The smallest absolute Gasteiger partial charge is 0.409 e. The molecule has 1 heterocycles. The van der Waals surface area contributed by atoms with E-state index in [9.17, 15) is 23.6 Å². The van der Waals surface area contributed by atoms with Gasteiger partial charge < -0.3 is 14.5 Å². The summed E-state index contributed by atoms with van der Waals surface area (Å²) in [6.07, 6.45) is -0.466. The molecule has 140 valence electrons. The molecule has 4 amide bonds. The second kappa shape index (κ2) is 8.79. The van der Waals surface area contributed by atoms with Crippen LogP contribution in [0.1, 0.15) is 17.3 Å². The molecule has 9 nitrogen and oxygen atoms in total. The topological polar surface area (TPSA) is 108 Å². The number of nitrogens with zero attached hydrogens (tertiary/aromatic N) is 2. The number of nitrogens with one attached hydrogen (secondary N) is 2. The van der Waals surface area contributed by atoms with Gasteiger partial charge in [-0.15, -0.1) is 0 Å². The first-order valence-corrected chi connectivity index (χ1v) is 7.99. The SMILES string of the molecule is CCOC(=O)N1CCN(C(=O)C(=O)NNC(=O)c2cccc(F)c2)CC1. The van der Waals surface area contributed by atoms with E-state index in [-0.39, 0.29) is 38.3 Å². The van der Waals surface area contributed by atoms with Crippen LogP contribution in [-0.4, -0.2) is 66.4 Å². The summed E-state index contributed by atoms with van der Waals surface area (Å²) in [7, 11) is 0. The van der Waals surface area contributed by atoms with E-state index < -0.39 is 29.6 Å². The maximum atomic E-state index is 13.1. The lowest BCUT2D eigenvalue weighted by atomic mass is 10.2. The van der Waals surface area contributed by atoms with Crippen molar-refractivity contribution < 1.29 is 28.3 Å². The van der Waals surface area contributed by atoms with Crippen molar-refractivity contribution in [3.05, 3.63) is 35.6 Å². The number of carbonyl (C=O) groups excluding carboxylic acids is 4. The highest BCUT2D eigenvalue weighted by Crippen LogP contribution is 2.05. The van der Waals surface area contributed by atoms with Crippen molar-refractivity contribution in [2.24, 2.45) is 0 Å².